The zero-order valence-corrected chi connectivity index (χ0v) is 22.5. The molecule has 3 fully saturated rings. The molecule has 0 unspecified atom stereocenters. The van der Waals surface area contributed by atoms with Crippen molar-refractivity contribution in [3.05, 3.63) is 46.6 Å². The number of nitrogens with zero attached hydrogens (tertiary/aromatic N) is 1. The highest BCUT2D eigenvalue weighted by Crippen LogP contribution is 2.65. The van der Waals surface area contributed by atoms with E-state index in [9.17, 15) is 14.7 Å². The molecule has 8 rings (SSSR count). The molecule has 0 amide bonds. The summed E-state index contributed by atoms with van der Waals surface area (Å²) in [5.41, 5.74) is -0.923. The summed E-state index contributed by atoms with van der Waals surface area (Å²) in [6.07, 6.45) is 10.2. The van der Waals surface area contributed by atoms with Gasteiger partial charge in [-0.15, -0.1) is 0 Å². The average Bonchev–Trinajstić information content (AvgIpc) is 3.45. The van der Waals surface area contributed by atoms with Crippen LogP contribution in [0.5, 0.6) is 17.2 Å². The lowest BCUT2D eigenvalue weighted by atomic mass is 9.49. The molecule has 4 heterocycles. The first-order chi connectivity index (χ1) is 18.1. The molecule has 1 N–H and O–H groups in total. The normalized spacial score (nSPS) is 35.7. The minimum atomic E-state index is -1.27. The highest BCUT2D eigenvalue weighted by Gasteiger charge is 2.79. The Labute approximate surface area is 223 Å². The summed E-state index contributed by atoms with van der Waals surface area (Å²) in [6, 6.07) is 1.72. The highest BCUT2D eigenvalue weighted by molar-refractivity contribution is 6.18. The number of likely N-dealkylation sites (tertiary alicyclic amines) is 1. The predicted molar refractivity (Wildman–Crippen MR) is 142 cm³/mol. The third-order valence-corrected chi connectivity index (χ3v) is 9.56. The van der Waals surface area contributed by atoms with Crippen molar-refractivity contribution in [3.63, 3.8) is 0 Å². The predicted octanol–water partition coefficient (Wildman–Crippen LogP) is 4.48. The topological polar surface area (TPSA) is 85.3 Å². The quantitative estimate of drug-likeness (QED) is 0.590. The Morgan fingerprint density at radius 3 is 2.66 bits per heavy atom. The molecule has 5 atom stereocenters. The van der Waals surface area contributed by atoms with E-state index in [4.69, 9.17) is 14.2 Å². The van der Waals surface area contributed by atoms with E-state index in [0.29, 0.717) is 29.9 Å². The van der Waals surface area contributed by atoms with E-state index < -0.39 is 22.7 Å². The van der Waals surface area contributed by atoms with E-state index in [1.165, 1.54) is 12.8 Å². The smallest absolute Gasteiger partial charge is 0.200 e. The third kappa shape index (κ3) is 2.97. The Morgan fingerprint density at radius 2 is 1.92 bits per heavy atom. The maximum Gasteiger partial charge on any atom is 0.200 e. The molecule has 0 radical (unpaired) electrons. The molecule has 1 saturated carbocycles. The molecule has 1 aromatic rings. The van der Waals surface area contributed by atoms with Crippen molar-refractivity contribution in [3.8, 4) is 17.2 Å². The van der Waals surface area contributed by atoms with E-state index in [2.05, 4.69) is 4.90 Å². The second-order valence-corrected chi connectivity index (χ2v) is 12.6. The van der Waals surface area contributed by atoms with Gasteiger partial charge in [0.2, 0.25) is 0 Å². The van der Waals surface area contributed by atoms with Gasteiger partial charge in [-0.25, -0.2) is 0 Å². The second-order valence-electron chi connectivity index (χ2n) is 12.6. The van der Waals surface area contributed by atoms with Crippen LogP contribution in [-0.4, -0.2) is 64.6 Å². The molecule has 7 heteroatoms. The number of ketones is 2. The maximum absolute atomic E-state index is 14.3. The van der Waals surface area contributed by atoms with Crippen molar-refractivity contribution in [1.82, 2.24) is 4.90 Å². The molecule has 38 heavy (non-hydrogen) atoms. The van der Waals surface area contributed by atoms with Crippen molar-refractivity contribution in [2.24, 2.45) is 17.8 Å². The molecule has 1 aromatic carbocycles. The molecule has 200 valence electrons. The van der Waals surface area contributed by atoms with Crippen LogP contribution in [0.25, 0.3) is 6.08 Å². The van der Waals surface area contributed by atoms with Gasteiger partial charge >= 0.3 is 0 Å². The Bertz CT molecular complexity index is 1360. The van der Waals surface area contributed by atoms with Crippen molar-refractivity contribution in [2.75, 3.05) is 26.2 Å². The molecule has 4 aliphatic heterocycles. The fourth-order valence-corrected chi connectivity index (χ4v) is 7.78. The Kier molecular flexibility index (Phi) is 4.98. The first-order valence-electron chi connectivity index (χ1n) is 13.9. The van der Waals surface area contributed by atoms with Gasteiger partial charge in [0.15, 0.2) is 22.8 Å². The van der Waals surface area contributed by atoms with Gasteiger partial charge in [-0.1, -0.05) is 17.7 Å². The van der Waals surface area contributed by atoms with Crippen LogP contribution in [0.15, 0.2) is 35.4 Å². The Morgan fingerprint density at radius 1 is 1.16 bits per heavy atom. The molecular formula is C31H35NO6. The summed E-state index contributed by atoms with van der Waals surface area (Å²) < 4.78 is 19.6. The van der Waals surface area contributed by atoms with Gasteiger partial charge in [0.05, 0.1) is 12.2 Å². The van der Waals surface area contributed by atoms with Gasteiger partial charge < -0.3 is 24.2 Å². The largest absolute Gasteiger partial charge is 0.506 e. The number of allylic oxidation sites excluding steroid dienone is 2. The lowest BCUT2D eigenvalue weighted by Crippen LogP contribution is -2.74. The van der Waals surface area contributed by atoms with E-state index >= 15 is 0 Å². The lowest BCUT2D eigenvalue weighted by molar-refractivity contribution is -0.171. The van der Waals surface area contributed by atoms with Crippen molar-refractivity contribution < 1.29 is 28.9 Å². The monoisotopic (exact) mass is 517 g/mol. The van der Waals surface area contributed by atoms with Crippen LogP contribution in [0.4, 0.5) is 0 Å². The molecule has 3 aliphatic carbocycles. The lowest BCUT2D eigenvalue weighted by Gasteiger charge is -2.58. The number of aromatic hydroxyl groups is 1. The number of carbonyl (C=O) groups is 2. The van der Waals surface area contributed by atoms with Crippen LogP contribution in [-0.2, 0) is 9.53 Å². The number of carbonyl (C=O) groups excluding carboxylic acids is 2. The van der Waals surface area contributed by atoms with Crippen LogP contribution in [0.1, 0.15) is 62.9 Å². The van der Waals surface area contributed by atoms with Crippen LogP contribution >= 0.6 is 0 Å². The number of fused-ring (bicyclic) bond motifs is 2. The number of phenolic OH excluding ortho intramolecular Hbond substituents is 1. The molecule has 4 bridgehead atoms. The number of hydrogen-bond donors (Lipinski definition) is 1. The summed E-state index contributed by atoms with van der Waals surface area (Å²) >= 11 is 0. The summed E-state index contributed by atoms with van der Waals surface area (Å²) in [6.45, 7) is 11.1. The van der Waals surface area contributed by atoms with Crippen LogP contribution in [0.2, 0.25) is 0 Å². The minimum absolute atomic E-state index is 0.00497. The van der Waals surface area contributed by atoms with Gasteiger partial charge in [0.25, 0.3) is 0 Å². The van der Waals surface area contributed by atoms with E-state index in [-0.39, 0.29) is 40.5 Å². The summed E-state index contributed by atoms with van der Waals surface area (Å²) in [4.78, 5) is 31.0. The fraction of sp³-hybridized carbons (Fsp3) is 0.548. The Balaban J connectivity index is 1.42. The van der Waals surface area contributed by atoms with Crippen molar-refractivity contribution in [1.29, 1.82) is 0 Å². The highest BCUT2D eigenvalue weighted by atomic mass is 16.6. The molecule has 2 saturated heterocycles. The zero-order valence-electron chi connectivity index (χ0n) is 22.5. The minimum Gasteiger partial charge on any atom is -0.506 e. The summed E-state index contributed by atoms with van der Waals surface area (Å²) in [5, 5.41) is 11.3. The number of rotatable bonds is 4. The second kappa shape index (κ2) is 7.82. The van der Waals surface area contributed by atoms with Gasteiger partial charge in [-0.2, -0.15) is 0 Å². The van der Waals surface area contributed by atoms with Gasteiger partial charge in [-0.3, -0.25) is 9.59 Å². The summed E-state index contributed by atoms with van der Waals surface area (Å²) in [5.74, 6) is -0.244. The van der Waals surface area contributed by atoms with Crippen LogP contribution in [0, 0.1) is 17.8 Å². The molecule has 0 aromatic heterocycles. The third-order valence-electron chi connectivity index (χ3n) is 9.56. The number of ether oxygens (including phenoxy) is 3. The fourth-order valence-electron chi connectivity index (χ4n) is 7.78. The first-order valence-corrected chi connectivity index (χ1v) is 13.9. The van der Waals surface area contributed by atoms with Crippen LogP contribution in [0.3, 0.4) is 0 Å². The first kappa shape index (κ1) is 24.2. The van der Waals surface area contributed by atoms with Crippen LogP contribution < -0.4 is 9.47 Å². The number of hydrogen-bond acceptors (Lipinski definition) is 7. The molecular weight excluding hydrogens is 482 g/mol. The van der Waals surface area contributed by atoms with E-state index in [1.807, 2.05) is 45.9 Å². The summed E-state index contributed by atoms with van der Waals surface area (Å²) in [7, 11) is 0. The molecule has 7 nitrogen and oxygen atoms in total. The molecule has 7 aliphatic rings. The maximum atomic E-state index is 14.3. The van der Waals surface area contributed by atoms with Crippen molar-refractivity contribution >= 4 is 17.6 Å². The van der Waals surface area contributed by atoms with Gasteiger partial charge in [0, 0.05) is 36.4 Å². The SMILES string of the molecule is CC(C)=CC[C@@]12OC[C@@H]3[C@@H](CN4CCCC4)[C@@H](C=C4C(=O)c5c(cc6c(c5O)C=CC(C)(C)O6)O[C@]431)C2=O. The number of benzene rings is 1. The van der Waals surface area contributed by atoms with E-state index in [0.717, 1.165) is 25.2 Å². The zero-order chi connectivity index (χ0) is 26.6. The number of Topliss-reactive ketones (excluding diaryl/α,β-unsaturated/α-hetero) is 2. The van der Waals surface area contributed by atoms with Gasteiger partial charge in [0.1, 0.15) is 28.4 Å². The molecule has 1 spiro atoms. The standard InChI is InChI=1S/C31H35NO6/c1-17(2)7-10-30-28(35)19-13-21-27(34)25-24(14-23-18(26(25)33)8-9-29(3,4)37-23)38-31(21,30)22(16-36-30)20(19)15-32-11-5-6-12-32/h7-9,13-14,19-20,22,33H,5-6,10-12,15-16H2,1-4H3/t19-,20+,22-,30+,31-/m1/s1. The number of phenols is 1. The van der Waals surface area contributed by atoms with Crippen molar-refractivity contribution in [2.45, 2.75) is 63.8 Å². The van der Waals surface area contributed by atoms with Gasteiger partial charge in [-0.05, 0) is 71.7 Å². The van der Waals surface area contributed by atoms with E-state index in [1.54, 1.807) is 12.1 Å². The average molecular weight is 518 g/mol. The Hall–Kier alpha value is -2.90.